The van der Waals surface area contributed by atoms with Crippen molar-refractivity contribution in [3.8, 4) is 0 Å². The van der Waals surface area contributed by atoms with E-state index in [4.69, 9.17) is 4.42 Å². The number of aromatic nitrogens is 3. The Morgan fingerprint density at radius 3 is 2.81 bits per heavy atom. The molecule has 112 valence electrons. The molecule has 1 saturated heterocycles. The highest BCUT2D eigenvalue weighted by Crippen LogP contribution is 2.23. The highest BCUT2D eigenvalue weighted by atomic mass is 32.2. The lowest BCUT2D eigenvalue weighted by molar-refractivity contribution is 0.530. The van der Waals surface area contributed by atoms with Gasteiger partial charge in [-0.2, -0.15) is 15.0 Å². The number of nitrogens with one attached hydrogen (secondary N) is 1. The number of hydrogen-bond acceptors (Lipinski definition) is 7. The van der Waals surface area contributed by atoms with E-state index in [9.17, 15) is 0 Å². The zero-order valence-corrected chi connectivity index (χ0v) is 12.9. The average molecular weight is 305 g/mol. The normalized spacial score (nSPS) is 15.2. The van der Waals surface area contributed by atoms with Crippen LogP contribution in [-0.2, 0) is 5.75 Å². The van der Waals surface area contributed by atoms with E-state index in [1.807, 2.05) is 19.2 Å². The van der Waals surface area contributed by atoms with Crippen LogP contribution in [0.1, 0.15) is 25.0 Å². The summed E-state index contributed by atoms with van der Waals surface area (Å²) in [5.74, 6) is 3.04. The lowest BCUT2D eigenvalue weighted by Gasteiger charge is -2.26. The van der Waals surface area contributed by atoms with Gasteiger partial charge in [0.2, 0.25) is 11.9 Å². The molecule has 3 rings (SSSR count). The largest absolute Gasteiger partial charge is 0.468 e. The molecular weight excluding hydrogens is 286 g/mol. The predicted octanol–water partition coefficient (Wildman–Crippen LogP) is 2.79. The Morgan fingerprint density at radius 2 is 2.10 bits per heavy atom. The van der Waals surface area contributed by atoms with Crippen LogP contribution in [0.4, 0.5) is 11.9 Å². The second-order valence-corrected chi connectivity index (χ2v) is 5.85. The van der Waals surface area contributed by atoms with Gasteiger partial charge < -0.3 is 14.6 Å². The van der Waals surface area contributed by atoms with Gasteiger partial charge in [-0.15, -0.1) is 0 Å². The molecule has 0 atom stereocenters. The minimum absolute atomic E-state index is 0.618. The molecule has 1 aliphatic rings. The van der Waals surface area contributed by atoms with Gasteiger partial charge in [-0.05, 0) is 31.4 Å². The molecule has 2 aromatic rings. The number of anilines is 2. The molecule has 1 aliphatic heterocycles. The van der Waals surface area contributed by atoms with E-state index in [0.29, 0.717) is 5.95 Å². The van der Waals surface area contributed by atoms with E-state index >= 15 is 0 Å². The van der Waals surface area contributed by atoms with Gasteiger partial charge in [0.05, 0.1) is 12.0 Å². The lowest BCUT2D eigenvalue weighted by atomic mass is 10.1. The van der Waals surface area contributed by atoms with Crippen LogP contribution in [0.15, 0.2) is 28.0 Å². The minimum atomic E-state index is 0.618. The lowest BCUT2D eigenvalue weighted by Crippen LogP contribution is -2.31. The summed E-state index contributed by atoms with van der Waals surface area (Å²) in [5, 5.41) is 3.74. The first kappa shape index (κ1) is 14.2. The number of furan rings is 1. The van der Waals surface area contributed by atoms with E-state index in [1.165, 1.54) is 19.3 Å². The number of hydrogen-bond donors (Lipinski definition) is 1. The second-order valence-electron chi connectivity index (χ2n) is 4.91. The number of rotatable bonds is 5. The first-order chi connectivity index (χ1) is 10.3. The third-order valence-corrected chi connectivity index (χ3v) is 4.26. The standard InChI is InChI=1S/C14H19N5OS/c1-15-12-16-13(19-7-3-2-4-8-19)18-14(17-12)21-10-11-6-5-9-20-11/h5-6,9H,2-4,7-8,10H2,1H3,(H,15,16,17,18). The van der Waals surface area contributed by atoms with Crippen LogP contribution in [0, 0.1) is 0 Å². The van der Waals surface area contributed by atoms with E-state index in [1.54, 1.807) is 18.0 Å². The van der Waals surface area contributed by atoms with Crippen LogP contribution >= 0.6 is 11.8 Å². The Kier molecular flexibility index (Phi) is 4.59. The summed E-state index contributed by atoms with van der Waals surface area (Å²) in [4.78, 5) is 15.7. The molecule has 0 saturated carbocycles. The summed E-state index contributed by atoms with van der Waals surface area (Å²) in [6, 6.07) is 3.85. The molecule has 7 heteroatoms. The summed E-state index contributed by atoms with van der Waals surface area (Å²) < 4.78 is 5.34. The van der Waals surface area contributed by atoms with Crippen molar-refractivity contribution in [1.29, 1.82) is 0 Å². The van der Waals surface area contributed by atoms with Crippen LogP contribution in [0.5, 0.6) is 0 Å². The first-order valence-corrected chi connectivity index (χ1v) is 8.17. The van der Waals surface area contributed by atoms with Crippen LogP contribution in [0.2, 0.25) is 0 Å². The van der Waals surface area contributed by atoms with Crippen molar-refractivity contribution in [1.82, 2.24) is 15.0 Å². The Morgan fingerprint density at radius 1 is 1.24 bits per heavy atom. The van der Waals surface area contributed by atoms with E-state index < -0.39 is 0 Å². The number of piperidine rings is 1. The Labute approximate surface area is 128 Å². The van der Waals surface area contributed by atoms with Gasteiger partial charge in [0, 0.05) is 20.1 Å². The van der Waals surface area contributed by atoms with Crippen LogP contribution in [0.3, 0.4) is 0 Å². The molecule has 1 fully saturated rings. The second kappa shape index (κ2) is 6.80. The van der Waals surface area contributed by atoms with E-state index in [-0.39, 0.29) is 0 Å². The fourth-order valence-corrected chi connectivity index (χ4v) is 3.02. The fraction of sp³-hybridized carbons (Fsp3) is 0.500. The van der Waals surface area contributed by atoms with Crippen molar-refractivity contribution < 1.29 is 4.42 Å². The maximum absolute atomic E-state index is 5.34. The maximum atomic E-state index is 5.34. The van der Waals surface area contributed by atoms with Crippen molar-refractivity contribution in [3.05, 3.63) is 24.2 Å². The SMILES string of the molecule is CNc1nc(SCc2ccco2)nc(N2CCCCC2)n1. The molecule has 0 aliphatic carbocycles. The van der Waals surface area contributed by atoms with Gasteiger partial charge in [-0.3, -0.25) is 0 Å². The molecule has 1 N–H and O–H groups in total. The minimum Gasteiger partial charge on any atom is -0.468 e. The quantitative estimate of drug-likeness (QED) is 0.852. The van der Waals surface area contributed by atoms with Crippen molar-refractivity contribution in [3.63, 3.8) is 0 Å². The number of thioether (sulfide) groups is 1. The molecule has 21 heavy (non-hydrogen) atoms. The van der Waals surface area contributed by atoms with E-state index in [0.717, 1.165) is 35.7 Å². The Balaban J connectivity index is 1.75. The van der Waals surface area contributed by atoms with Gasteiger partial charge in [-0.25, -0.2) is 0 Å². The topological polar surface area (TPSA) is 67.1 Å². The molecule has 0 radical (unpaired) electrons. The summed E-state index contributed by atoms with van der Waals surface area (Å²) in [6.07, 6.45) is 5.38. The third-order valence-electron chi connectivity index (χ3n) is 3.39. The highest BCUT2D eigenvalue weighted by Gasteiger charge is 2.16. The Bertz CT molecular complexity index is 569. The first-order valence-electron chi connectivity index (χ1n) is 7.19. The molecule has 3 heterocycles. The highest BCUT2D eigenvalue weighted by molar-refractivity contribution is 7.98. The van der Waals surface area contributed by atoms with Gasteiger partial charge in [-0.1, -0.05) is 11.8 Å². The van der Waals surface area contributed by atoms with Crippen molar-refractivity contribution >= 4 is 23.7 Å². The zero-order chi connectivity index (χ0) is 14.5. The van der Waals surface area contributed by atoms with E-state index in [2.05, 4.69) is 25.2 Å². The molecule has 0 amide bonds. The summed E-state index contributed by atoms with van der Waals surface area (Å²) in [5.41, 5.74) is 0. The fourth-order valence-electron chi connectivity index (χ4n) is 2.29. The molecule has 0 aromatic carbocycles. The molecular formula is C14H19N5OS. The monoisotopic (exact) mass is 305 g/mol. The predicted molar refractivity (Wildman–Crippen MR) is 83.7 cm³/mol. The van der Waals surface area contributed by atoms with Crippen molar-refractivity contribution in [2.24, 2.45) is 0 Å². The molecule has 2 aromatic heterocycles. The van der Waals surface area contributed by atoms with Gasteiger partial charge in [0.15, 0.2) is 5.16 Å². The van der Waals surface area contributed by atoms with Crippen molar-refractivity contribution in [2.75, 3.05) is 30.4 Å². The van der Waals surface area contributed by atoms with Crippen molar-refractivity contribution in [2.45, 2.75) is 30.2 Å². The van der Waals surface area contributed by atoms with Crippen LogP contribution in [-0.4, -0.2) is 35.1 Å². The smallest absolute Gasteiger partial charge is 0.231 e. The molecule has 0 spiro atoms. The maximum Gasteiger partial charge on any atom is 0.231 e. The average Bonchev–Trinajstić information content (AvgIpc) is 3.07. The zero-order valence-electron chi connectivity index (χ0n) is 12.1. The summed E-state index contributed by atoms with van der Waals surface area (Å²) in [7, 11) is 1.83. The van der Waals surface area contributed by atoms with Gasteiger partial charge >= 0.3 is 0 Å². The molecule has 0 unspecified atom stereocenters. The number of nitrogens with zero attached hydrogens (tertiary/aromatic N) is 4. The third kappa shape index (κ3) is 3.66. The molecule has 0 bridgehead atoms. The van der Waals surface area contributed by atoms with Crippen LogP contribution in [0.25, 0.3) is 0 Å². The Hall–Kier alpha value is -1.76. The molecule has 6 nitrogen and oxygen atoms in total. The van der Waals surface area contributed by atoms with Gasteiger partial charge in [0.25, 0.3) is 0 Å². The summed E-state index contributed by atoms with van der Waals surface area (Å²) in [6.45, 7) is 2.05. The summed E-state index contributed by atoms with van der Waals surface area (Å²) >= 11 is 1.56. The van der Waals surface area contributed by atoms with Crippen LogP contribution < -0.4 is 10.2 Å². The van der Waals surface area contributed by atoms with Gasteiger partial charge in [0.1, 0.15) is 5.76 Å².